The van der Waals surface area contributed by atoms with E-state index in [1.807, 2.05) is 6.20 Å². The Balaban J connectivity index is 2.41. The van der Waals surface area contributed by atoms with Crippen LogP contribution in [0, 0.1) is 13.8 Å². The van der Waals surface area contributed by atoms with Crippen LogP contribution in [0.4, 0.5) is 0 Å². The molecule has 0 aliphatic rings. The number of rotatable bonds is 1. The van der Waals surface area contributed by atoms with Crippen LogP contribution in [0.1, 0.15) is 10.4 Å². The van der Waals surface area contributed by atoms with Gasteiger partial charge in [-0.1, -0.05) is 29.8 Å². The first-order valence-electron chi connectivity index (χ1n) is 4.25. The molecule has 1 nitrogen and oxygen atoms in total. The number of hydrogen-bond donors (Lipinski definition) is 0. The highest BCUT2D eigenvalue weighted by molar-refractivity contribution is 7.14. The maximum atomic E-state index is 4.33. The Morgan fingerprint density at radius 3 is 2.31 bits per heavy atom. The van der Waals surface area contributed by atoms with Crippen molar-refractivity contribution >= 4 is 11.3 Å². The molecular formula is C11H11NS. The summed E-state index contributed by atoms with van der Waals surface area (Å²) in [4.78, 5) is 5.59. The van der Waals surface area contributed by atoms with Gasteiger partial charge in [-0.3, -0.25) is 0 Å². The molecule has 0 fully saturated rings. The first-order chi connectivity index (χ1) is 6.25. The van der Waals surface area contributed by atoms with Crippen molar-refractivity contribution in [1.82, 2.24) is 4.98 Å². The van der Waals surface area contributed by atoms with Gasteiger partial charge in [0.2, 0.25) is 0 Å². The summed E-state index contributed by atoms with van der Waals surface area (Å²) in [5, 5.41) is 1.11. The van der Waals surface area contributed by atoms with Crippen molar-refractivity contribution < 1.29 is 0 Å². The maximum Gasteiger partial charge on any atom is 0.123 e. The van der Waals surface area contributed by atoms with E-state index in [2.05, 4.69) is 43.1 Å². The molecule has 0 amide bonds. The van der Waals surface area contributed by atoms with Gasteiger partial charge < -0.3 is 0 Å². The van der Waals surface area contributed by atoms with Crippen molar-refractivity contribution in [2.24, 2.45) is 0 Å². The zero-order valence-electron chi connectivity index (χ0n) is 7.74. The van der Waals surface area contributed by atoms with Crippen LogP contribution < -0.4 is 0 Å². The van der Waals surface area contributed by atoms with E-state index in [-0.39, 0.29) is 0 Å². The van der Waals surface area contributed by atoms with Crippen LogP contribution in [0.5, 0.6) is 0 Å². The molecule has 1 aromatic carbocycles. The number of nitrogens with zero attached hydrogens (tertiary/aromatic N) is 1. The standard InChI is InChI=1S/C11H11NS/c1-8-3-5-10(6-4-8)11-12-7-9(2)13-11/h3-7H,1-2H3. The molecule has 1 aromatic heterocycles. The van der Waals surface area contributed by atoms with Crippen LogP contribution in [-0.2, 0) is 0 Å². The lowest BCUT2D eigenvalue weighted by molar-refractivity contribution is 1.37. The molecule has 1 heterocycles. The molecule has 0 spiro atoms. The predicted molar refractivity (Wildman–Crippen MR) is 57.0 cm³/mol. The van der Waals surface area contributed by atoms with E-state index in [1.165, 1.54) is 16.0 Å². The van der Waals surface area contributed by atoms with Gasteiger partial charge >= 0.3 is 0 Å². The third kappa shape index (κ3) is 1.78. The van der Waals surface area contributed by atoms with Gasteiger partial charge in [0, 0.05) is 16.6 Å². The van der Waals surface area contributed by atoms with Crippen molar-refractivity contribution in [2.75, 3.05) is 0 Å². The number of aryl methyl sites for hydroxylation is 2. The van der Waals surface area contributed by atoms with Gasteiger partial charge in [0.15, 0.2) is 0 Å². The Bertz CT molecular complexity index is 400. The van der Waals surface area contributed by atoms with E-state index in [1.54, 1.807) is 11.3 Å². The molecule has 0 unspecified atom stereocenters. The van der Waals surface area contributed by atoms with Crippen molar-refractivity contribution in [1.29, 1.82) is 0 Å². The van der Waals surface area contributed by atoms with Gasteiger partial charge in [-0.15, -0.1) is 11.3 Å². The van der Waals surface area contributed by atoms with Crippen molar-refractivity contribution in [3.05, 3.63) is 40.9 Å². The van der Waals surface area contributed by atoms with Crippen molar-refractivity contribution in [2.45, 2.75) is 13.8 Å². The predicted octanol–water partition coefficient (Wildman–Crippen LogP) is 3.43. The summed E-state index contributed by atoms with van der Waals surface area (Å²) in [6, 6.07) is 8.47. The van der Waals surface area contributed by atoms with Gasteiger partial charge in [0.25, 0.3) is 0 Å². The molecular weight excluding hydrogens is 178 g/mol. The molecule has 0 radical (unpaired) electrons. The van der Waals surface area contributed by atoms with Crippen LogP contribution in [0.25, 0.3) is 10.6 Å². The first-order valence-corrected chi connectivity index (χ1v) is 5.07. The third-order valence-electron chi connectivity index (χ3n) is 1.92. The van der Waals surface area contributed by atoms with Gasteiger partial charge in [-0.05, 0) is 13.8 Å². The fourth-order valence-corrected chi connectivity index (χ4v) is 1.95. The molecule has 0 N–H and O–H groups in total. The molecule has 0 bridgehead atoms. The molecule has 0 atom stereocenters. The summed E-state index contributed by atoms with van der Waals surface area (Å²) in [5.74, 6) is 0. The highest BCUT2D eigenvalue weighted by Gasteiger charge is 2.00. The SMILES string of the molecule is Cc1ccc(-c2ncc(C)s2)cc1. The van der Waals surface area contributed by atoms with E-state index in [4.69, 9.17) is 0 Å². The lowest BCUT2D eigenvalue weighted by atomic mass is 10.2. The number of benzene rings is 1. The van der Waals surface area contributed by atoms with E-state index >= 15 is 0 Å². The highest BCUT2D eigenvalue weighted by Crippen LogP contribution is 2.24. The van der Waals surface area contributed by atoms with Crippen LogP contribution in [0.3, 0.4) is 0 Å². The second kappa shape index (κ2) is 3.30. The zero-order chi connectivity index (χ0) is 9.26. The smallest absolute Gasteiger partial charge is 0.123 e. The van der Waals surface area contributed by atoms with Gasteiger partial charge in [-0.2, -0.15) is 0 Å². The molecule has 2 aromatic rings. The lowest BCUT2D eigenvalue weighted by Gasteiger charge is -1.95. The molecule has 0 saturated heterocycles. The molecule has 2 heteroatoms. The minimum Gasteiger partial charge on any atom is -0.244 e. The van der Waals surface area contributed by atoms with E-state index in [0.29, 0.717) is 0 Å². The quantitative estimate of drug-likeness (QED) is 0.669. The molecule has 0 aliphatic heterocycles. The summed E-state index contributed by atoms with van der Waals surface area (Å²) in [6.07, 6.45) is 1.92. The zero-order valence-corrected chi connectivity index (χ0v) is 8.56. The van der Waals surface area contributed by atoms with Crippen LogP contribution in [-0.4, -0.2) is 4.98 Å². The Labute approximate surface area is 82.1 Å². The summed E-state index contributed by atoms with van der Waals surface area (Å²) in [6.45, 7) is 4.17. The third-order valence-corrected chi connectivity index (χ3v) is 2.88. The Kier molecular flexibility index (Phi) is 2.15. The minimum atomic E-state index is 1.11. The molecule has 2 rings (SSSR count). The number of hydrogen-bond acceptors (Lipinski definition) is 2. The summed E-state index contributed by atoms with van der Waals surface area (Å²) in [5.41, 5.74) is 2.50. The van der Waals surface area contributed by atoms with Gasteiger partial charge in [0.1, 0.15) is 5.01 Å². The van der Waals surface area contributed by atoms with E-state index in [9.17, 15) is 0 Å². The van der Waals surface area contributed by atoms with Crippen LogP contribution >= 0.6 is 11.3 Å². The maximum absolute atomic E-state index is 4.33. The van der Waals surface area contributed by atoms with Gasteiger partial charge in [-0.25, -0.2) is 4.98 Å². The topological polar surface area (TPSA) is 12.9 Å². The Morgan fingerprint density at radius 2 is 1.77 bits per heavy atom. The largest absolute Gasteiger partial charge is 0.244 e. The lowest BCUT2D eigenvalue weighted by Crippen LogP contribution is -1.75. The number of aromatic nitrogens is 1. The monoisotopic (exact) mass is 189 g/mol. The average Bonchev–Trinajstić information content (AvgIpc) is 2.53. The second-order valence-corrected chi connectivity index (χ2v) is 4.38. The normalized spacial score (nSPS) is 10.3. The fourth-order valence-electron chi connectivity index (χ4n) is 1.18. The van der Waals surface area contributed by atoms with Crippen LogP contribution in [0.15, 0.2) is 30.5 Å². The first kappa shape index (κ1) is 8.45. The minimum absolute atomic E-state index is 1.11. The van der Waals surface area contributed by atoms with Crippen LogP contribution in [0.2, 0.25) is 0 Å². The Morgan fingerprint density at radius 1 is 1.08 bits per heavy atom. The molecule has 13 heavy (non-hydrogen) atoms. The van der Waals surface area contributed by atoms with Crippen molar-refractivity contribution in [3.8, 4) is 10.6 Å². The molecule has 0 saturated carbocycles. The number of thiazole rings is 1. The fraction of sp³-hybridized carbons (Fsp3) is 0.182. The summed E-state index contributed by atoms with van der Waals surface area (Å²) in [7, 11) is 0. The van der Waals surface area contributed by atoms with Gasteiger partial charge in [0.05, 0.1) is 0 Å². The second-order valence-electron chi connectivity index (χ2n) is 3.14. The Hall–Kier alpha value is -1.15. The van der Waals surface area contributed by atoms with E-state index in [0.717, 1.165) is 5.01 Å². The highest BCUT2D eigenvalue weighted by atomic mass is 32.1. The van der Waals surface area contributed by atoms with E-state index < -0.39 is 0 Å². The van der Waals surface area contributed by atoms with Crippen molar-refractivity contribution in [3.63, 3.8) is 0 Å². The summed E-state index contributed by atoms with van der Waals surface area (Å²) < 4.78 is 0. The molecule has 0 aliphatic carbocycles. The molecule has 66 valence electrons. The summed E-state index contributed by atoms with van der Waals surface area (Å²) >= 11 is 1.74. The average molecular weight is 189 g/mol.